The number of nitrogens with one attached hydrogen (secondary N) is 1. The molecule has 0 unspecified atom stereocenters. The van der Waals surface area contributed by atoms with Crippen LogP contribution in [0, 0.1) is 0 Å². The maximum Gasteiger partial charge on any atom is 0.226 e. The second-order valence-electron chi connectivity index (χ2n) is 8.22. The van der Waals surface area contributed by atoms with Gasteiger partial charge < -0.3 is 0 Å². The molecule has 0 saturated carbocycles. The summed E-state index contributed by atoms with van der Waals surface area (Å²) in [6, 6.07) is 19.5. The number of carbonyl (C=O) groups is 1. The minimum absolute atomic E-state index is 0.314. The molecule has 2 aromatic carbocycles. The van der Waals surface area contributed by atoms with Crippen LogP contribution in [0.15, 0.2) is 60.7 Å². The van der Waals surface area contributed by atoms with Gasteiger partial charge in [0.05, 0.1) is 12.3 Å². The first-order chi connectivity index (χ1) is 15.7. The van der Waals surface area contributed by atoms with E-state index in [2.05, 4.69) is 12.4 Å². The van der Waals surface area contributed by atoms with E-state index >= 15 is 0 Å². The Morgan fingerprint density at radius 3 is 1.69 bits per heavy atom. The second-order valence-corrected chi connectivity index (χ2v) is 8.64. The number of para-hydroxylation sites is 1. The van der Waals surface area contributed by atoms with Gasteiger partial charge in [0.25, 0.3) is 0 Å². The van der Waals surface area contributed by atoms with Gasteiger partial charge in [-0.05, 0) is 35.7 Å². The quantitative estimate of drug-likeness (QED) is 0.146. The molecule has 3 nitrogen and oxygen atoms in total. The van der Waals surface area contributed by atoms with Crippen molar-refractivity contribution in [2.24, 2.45) is 0 Å². The molecule has 32 heavy (non-hydrogen) atoms. The van der Waals surface area contributed by atoms with E-state index in [-0.39, 0.29) is 5.24 Å². The summed E-state index contributed by atoms with van der Waals surface area (Å²) in [6.45, 7) is 3.08. The zero-order valence-electron chi connectivity index (χ0n) is 19.9. The summed E-state index contributed by atoms with van der Waals surface area (Å²) in [5.41, 5.74) is 4.97. The Morgan fingerprint density at radius 2 is 1.19 bits per heavy atom. The lowest BCUT2D eigenvalue weighted by molar-refractivity contribution is -0.111. The number of hydrogen-bond donors (Lipinski definition) is 1. The van der Waals surface area contributed by atoms with Gasteiger partial charge in [-0.1, -0.05) is 126 Å². The van der Waals surface area contributed by atoms with E-state index < -0.39 is 0 Å². The lowest BCUT2D eigenvalue weighted by atomic mass is 10.1. The van der Waals surface area contributed by atoms with E-state index in [4.69, 9.17) is 16.4 Å². The smallest absolute Gasteiger partial charge is 0.226 e. The van der Waals surface area contributed by atoms with Crippen LogP contribution < -0.4 is 5.48 Å². The Morgan fingerprint density at radius 1 is 0.719 bits per heavy atom. The summed E-state index contributed by atoms with van der Waals surface area (Å²) in [5, 5.41) is -0.314. The Bertz CT molecular complexity index is 664. The molecule has 0 aliphatic rings. The van der Waals surface area contributed by atoms with Crippen LogP contribution in [0.25, 0.3) is 0 Å². The summed E-state index contributed by atoms with van der Waals surface area (Å²) >= 11 is 5.17. The number of unbranched alkanes of at least 4 members (excludes halogenated alkanes) is 11. The molecule has 0 fully saturated rings. The fourth-order valence-corrected chi connectivity index (χ4v) is 3.57. The third kappa shape index (κ3) is 17.8. The molecule has 0 heterocycles. The van der Waals surface area contributed by atoms with Crippen LogP contribution in [-0.2, 0) is 16.1 Å². The number of halogens is 1. The highest BCUT2D eigenvalue weighted by atomic mass is 35.5. The number of hydrogen-bond acceptors (Lipinski definition) is 3. The van der Waals surface area contributed by atoms with Gasteiger partial charge in [0.2, 0.25) is 5.24 Å². The number of benzene rings is 2. The van der Waals surface area contributed by atoms with Crippen LogP contribution in [0.3, 0.4) is 0 Å². The Balaban J connectivity index is 0.000000425. The van der Waals surface area contributed by atoms with Gasteiger partial charge in [0.1, 0.15) is 0 Å². The zero-order valence-corrected chi connectivity index (χ0v) is 20.6. The first kappa shape index (κ1) is 28.2. The van der Waals surface area contributed by atoms with E-state index in [0.717, 1.165) is 24.3 Å². The average Bonchev–Trinajstić information content (AvgIpc) is 2.81. The van der Waals surface area contributed by atoms with Gasteiger partial charge >= 0.3 is 0 Å². The normalized spacial score (nSPS) is 10.3. The molecule has 178 valence electrons. The van der Waals surface area contributed by atoms with E-state index in [1.165, 1.54) is 70.6 Å². The Kier molecular flexibility index (Phi) is 18.5. The van der Waals surface area contributed by atoms with Gasteiger partial charge in [-0.15, -0.1) is 0 Å². The summed E-state index contributed by atoms with van der Waals surface area (Å²) in [5.74, 6) is 0. The first-order valence-electron chi connectivity index (χ1n) is 12.4. The van der Waals surface area contributed by atoms with Crippen molar-refractivity contribution in [1.82, 2.24) is 0 Å². The minimum atomic E-state index is -0.314. The summed E-state index contributed by atoms with van der Waals surface area (Å²) < 4.78 is 0. The second kappa shape index (κ2) is 21.0. The topological polar surface area (TPSA) is 38.3 Å². The van der Waals surface area contributed by atoms with E-state index in [9.17, 15) is 4.79 Å². The lowest BCUT2D eigenvalue weighted by Gasteiger charge is -2.06. The summed E-state index contributed by atoms with van der Waals surface area (Å²) in [6.07, 6.45) is 16.9. The van der Waals surface area contributed by atoms with Gasteiger partial charge in [0, 0.05) is 6.42 Å². The molecular weight excluding hydrogens is 418 g/mol. The van der Waals surface area contributed by atoms with Gasteiger partial charge in [0.15, 0.2) is 0 Å². The molecule has 1 N–H and O–H groups in total. The van der Waals surface area contributed by atoms with Crippen molar-refractivity contribution in [3.8, 4) is 0 Å². The molecule has 0 spiro atoms. The number of rotatable bonds is 17. The van der Waals surface area contributed by atoms with Crippen molar-refractivity contribution in [2.45, 2.75) is 90.4 Å². The van der Waals surface area contributed by atoms with Gasteiger partial charge in [-0.3, -0.25) is 15.1 Å². The van der Waals surface area contributed by atoms with Gasteiger partial charge in [-0.25, -0.2) is 0 Å². The van der Waals surface area contributed by atoms with E-state index in [1.54, 1.807) is 0 Å². The van der Waals surface area contributed by atoms with Crippen LogP contribution in [0.4, 0.5) is 5.69 Å². The minimum Gasteiger partial charge on any atom is -0.281 e. The summed E-state index contributed by atoms with van der Waals surface area (Å²) in [7, 11) is 0. The third-order valence-electron chi connectivity index (χ3n) is 5.25. The van der Waals surface area contributed by atoms with Crippen molar-refractivity contribution in [2.75, 3.05) is 12.1 Å². The molecule has 2 aromatic rings. The lowest BCUT2D eigenvalue weighted by Crippen LogP contribution is -2.02. The van der Waals surface area contributed by atoms with Crippen LogP contribution in [0.1, 0.15) is 89.5 Å². The highest BCUT2D eigenvalue weighted by molar-refractivity contribution is 6.63. The maximum absolute atomic E-state index is 10.4. The average molecular weight is 460 g/mol. The van der Waals surface area contributed by atoms with Crippen LogP contribution >= 0.6 is 11.6 Å². The fourth-order valence-electron chi connectivity index (χ4n) is 3.41. The molecule has 0 amide bonds. The highest BCUT2D eigenvalue weighted by Gasteiger charge is 1.96. The van der Waals surface area contributed by atoms with E-state index in [1.807, 2.05) is 60.7 Å². The highest BCUT2D eigenvalue weighted by Crippen LogP contribution is 2.12. The standard InChI is InChI=1S/C20H35NO.C8H7ClO/c1-2-3-4-5-6-7-8-9-10-11-12-16-19-22-21-20-17-14-13-15-18-20;9-8(10)6-7-4-2-1-3-5-7/h13-15,17-18,21H,2-12,16,19H2,1H3;1-5H,6H2. The van der Waals surface area contributed by atoms with Crippen molar-refractivity contribution >= 4 is 22.5 Å². The van der Waals surface area contributed by atoms with Gasteiger partial charge in [-0.2, -0.15) is 0 Å². The molecular formula is C28H42ClNO2. The largest absolute Gasteiger partial charge is 0.281 e. The number of anilines is 1. The molecule has 2 rings (SSSR count). The Hall–Kier alpha value is -1.84. The van der Waals surface area contributed by atoms with Crippen molar-refractivity contribution in [3.63, 3.8) is 0 Å². The molecule has 0 aromatic heterocycles. The predicted octanol–water partition coefficient (Wildman–Crippen LogP) is 8.73. The molecule has 0 bridgehead atoms. The first-order valence-corrected chi connectivity index (χ1v) is 12.7. The molecule has 0 atom stereocenters. The van der Waals surface area contributed by atoms with Crippen LogP contribution in [0.5, 0.6) is 0 Å². The summed E-state index contributed by atoms with van der Waals surface area (Å²) in [4.78, 5) is 15.8. The SMILES string of the molecule is CCCCCCCCCCCCCCONc1ccccc1.O=C(Cl)Cc1ccccc1. The van der Waals surface area contributed by atoms with Crippen molar-refractivity contribution in [3.05, 3.63) is 66.2 Å². The van der Waals surface area contributed by atoms with Crippen LogP contribution in [0.2, 0.25) is 0 Å². The predicted molar refractivity (Wildman–Crippen MR) is 138 cm³/mol. The monoisotopic (exact) mass is 459 g/mol. The zero-order chi connectivity index (χ0) is 23.1. The van der Waals surface area contributed by atoms with Crippen molar-refractivity contribution in [1.29, 1.82) is 0 Å². The Labute approximate surface area is 200 Å². The molecule has 4 heteroatoms. The van der Waals surface area contributed by atoms with Crippen molar-refractivity contribution < 1.29 is 9.63 Å². The van der Waals surface area contributed by atoms with Crippen LogP contribution in [-0.4, -0.2) is 11.8 Å². The number of carbonyl (C=O) groups excluding carboxylic acids is 1. The third-order valence-corrected chi connectivity index (χ3v) is 5.38. The molecule has 0 radical (unpaired) electrons. The molecule has 0 aliphatic carbocycles. The fraction of sp³-hybridized carbons (Fsp3) is 0.536. The maximum atomic E-state index is 10.4. The van der Waals surface area contributed by atoms with E-state index in [0.29, 0.717) is 6.42 Å². The molecule has 0 aliphatic heterocycles. The molecule has 0 saturated heterocycles.